The Bertz CT molecular complexity index is 2490. The molecule has 17 heteroatoms. The van der Waals surface area contributed by atoms with Crippen molar-refractivity contribution in [3.8, 4) is 11.4 Å². The largest absolute Gasteiger partial charge is 0.497 e. The molecule has 0 aliphatic rings. The second kappa shape index (κ2) is 13.6. The van der Waals surface area contributed by atoms with Crippen LogP contribution in [0.5, 0.6) is 5.75 Å². The second-order valence-electron chi connectivity index (χ2n) is 11.8. The third kappa shape index (κ3) is 7.05. The normalized spacial score (nSPS) is 12.3. The highest BCUT2D eigenvalue weighted by molar-refractivity contribution is 7.92. The maximum atomic E-state index is 14.5. The van der Waals surface area contributed by atoms with Gasteiger partial charge in [0.15, 0.2) is 11.5 Å². The summed E-state index contributed by atoms with van der Waals surface area (Å²) in [6, 6.07) is 14.3. The molecule has 2 N–H and O–H groups in total. The Balaban J connectivity index is 1.63. The number of aromatic nitrogens is 5. The zero-order chi connectivity index (χ0) is 36.8. The standard InChI is InChI=1S/C34H30ClF2N7O6S/c1-18-5-10-24-30(38-18)40-31(26(39-34(46)47)15-20-13-21(36)16-22(37)14-20)44(33(24)45)27-12-11-25(35)28-29(27)42(2)41-32(28)43(51(4,48)49)17-19-6-8-23(50-3)9-7-19/h5-14,16,26,39H,15,17H2,1-4H3,(H,46,47). The molecule has 3 heterocycles. The minimum absolute atomic E-state index is 0.00695. The first-order valence-corrected chi connectivity index (χ1v) is 17.5. The van der Waals surface area contributed by atoms with Crippen molar-refractivity contribution in [3.63, 3.8) is 0 Å². The van der Waals surface area contributed by atoms with Crippen molar-refractivity contribution in [2.24, 2.45) is 7.05 Å². The van der Waals surface area contributed by atoms with E-state index in [2.05, 4.69) is 20.4 Å². The summed E-state index contributed by atoms with van der Waals surface area (Å²) >= 11 is 6.77. The summed E-state index contributed by atoms with van der Waals surface area (Å²) in [7, 11) is -0.934. The van der Waals surface area contributed by atoms with Gasteiger partial charge < -0.3 is 15.2 Å². The number of halogens is 3. The van der Waals surface area contributed by atoms with Crippen molar-refractivity contribution in [3.05, 3.63) is 116 Å². The number of hydrogen-bond donors (Lipinski definition) is 2. The van der Waals surface area contributed by atoms with Gasteiger partial charge in [-0.3, -0.25) is 14.0 Å². The lowest BCUT2D eigenvalue weighted by Crippen LogP contribution is -2.35. The number of hydrogen-bond acceptors (Lipinski definition) is 8. The first-order valence-electron chi connectivity index (χ1n) is 15.3. The van der Waals surface area contributed by atoms with Gasteiger partial charge in [-0.2, -0.15) is 5.10 Å². The molecule has 0 spiro atoms. The molecule has 6 aromatic rings. The van der Waals surface area contributed by atoms with Gasteiger partial charge in [-0.15, -0.1) is 0 Å². The van der Waals surface area contributed by atoms with E-state index in [1.807, 2.05) is 0 Å². The van der Waals surface area contributed by atoms with E-state index in [-0.39, 0.29) is 62.8 Å². The molecule has 3 aromatic carbocycles. The van der Waals surface area contributed by atoms with Crippen molar-refractivity contribution >= 4 is 55.5 Å². The Hall–Kier alpha value is -5.61. The highest BCUT2D eigenvalue weighted by Crippen LogP contribution is 2.38. The number of sulfonamides is 1. The highest BCUT2D eigenvalue weighted by Gasteiger charge is 2.30. The molecule has 264 valence electrons. The fourth-order valence-electron chi connectivity index (χ4n) is 5.90. The molecule has 51 heavy (non-hydrogen) atoms. The number of amides is 1. The van der Waals surface area contributed by atoms with Crippen LogP contribution in [0.1, 0.15) is 28.7 Å². The molecule has 1 unspecified atom stereocenters. The molecule has 0 aliphatic heterocycles. The van der Waals surface area contributed by atoms with Crippen LogP contribution in [0.25, 0.3) is 27.6 Å². The lowest BCUT2D eigenvalue weighted by Gasteiger charge is -2.23. The predicted molar refractivity (Wildman–Crippen MR) is 187 cm³/mol. The van der Waals surface area contributed by atoms with Gasteiger partial charge in [-0.1, -0.05) is 23.7 Å². The minimum Gasteiger partial charge on any atom is -0.497 e. The monoisotopic (exact) mass is 737 g/mol. The maximum absolute atomic E-state index is 14.5. The average molecular weight is 738 g/mol. The molecule has 0 saturated heterocycles. The number of carboxylic acid groups (broad SMARTS) is 1. The number of methoxy groups -OCH3 is 1. The third-order valence-corrected chi connectivity index (χ3v) is 9.55. The van der Waals surface area contributed by atoms with Crippen LogP contribution in [0.2, 0.25) is 5.02 Å². The average Bonchev–Trinajstić information content (AvgIpc) is 3.40. The zero-order valence-corrected chi connectivity index (χ0v) is 29.1. The van der Waals surface area contributed by atoms with Crippen molar-refractivity contribution < 1.29 is 31.8 Å². The van der Waals surface area contributed by atoms with E-state index in [4.69, 9.17) is 16.3 Å². The molecule has 0 bridgehead atoms. The molecular weight excluding hydrogens is 708 g/mol. The summed E-state index contributed by atoms with van der Waals surface area (Å²) in [5, 5.41) is 17.1. The summed E-state index contributed by atoms with van der Waals surface area (Å²) in [6.45, 7) is 1.56. The van der Waals surface area contributed by atoms with Crippen molar-refractivity contribution in [1.29, 1.82) is 0 Å². The number of carbonyl (C=O) groups is 1. The molecular formula is C34H30ClF2N7O6S. The van der Waals surface area contributed by atoms with Crippen molar-refractivity contribution in [2.45, 2.75) is 25.9 Å². The molecule has 0 radical (unpaired) electrons. The number of fused-ring (bicyclic) bond motifs is 2. The summed E-state index contributed by atoms with van der Waals surface area (Å²) in [5.74, 6) is -1.38. The van der Waals surface area contributed by atoms with Gasteiger partial charge in [0.1, 0.15) is 23.2 Å². The summed E-state index contributed by atoms with van der Waals surface area (Å²) in [5.41, 5.74) is 0.889. The molecule has 1 atom stereocenters. The minimum atomic E-state index is -3.98. The number of aryl methyl sites for hydroxylation is 2. The zero-order valence-electron chi connectivity index (χ0n) is 27.6. The van der Waals surface area contributed by atoms with E-state index in [9.17, 15) is 31.9 Å². The Morgan fingerprint density at radius 2 is 1.73 bits per heavy atom. The maximum Gasteiger partial charge on any atom is 0.405 e. The Labute approximate surface area is 294 Å². The van der Waals surface area contributed by atoms with Crippen LogP contribution in [0.3, 0.4) is 0 Å². The summed E-state index contributed by atoms with van der Waals surface area (Å²) in [4.78, 5) is 35.6. The quantitative estimate of drug-likeness (QED) is 0.187. The Kier molecular flexibility index (Phi) is 9.39. The van der Waals surface area contributed by atoms with E-state index >= 15 is 0 Å². The number of rotatable bonds is 10. The molecule has 1 amide bonds. The molecule has 13 nitrogen and oxygen atoms in total. The van der Waals surface area contributed by atoms with Gasteiger partial charge in [0.2, 0.25) is 10.0 Å². The van der Waals surface area contributed by atoms with Gasteiger partial charge in [0.25, 0.3) is 5.56 Å². The van der Waals surface area contributed by atoms with Crippen LogP contribution in [0.4, 0.5) is 19.4 Å². The summed E-state index contributed by atoms with van der Waals surface area (Å²) < 4.78 is 63.9. The smallest absolute Gasteiger partial charge is 0.405 e. The Morgan fingerprint density at radius 3 is 2.35 bits per heavy atom. The van der Waals surface area contributed by atoms with Crippen LogP contribution in [-0.2, 0) is 30.0 Å². The summed E-state index contributed by atoms with van der Waals surface area (Å²) in [6.07, 6.45) is -0.792. The Morgan fingerprint density at radius 1 is 1.04 bits per heavy atom. The highest BCUT2D eigenvalue weighted by atomic mass is 35.5. The number of ether oxygens (including phenoxy) is 1. The van der Waals surface area contributed by atoms with Gasteiger partial charge in [-0.25, -0.2) is 36.3 Å². The lowest BCUT2D eigenvalue weighted by atomic mass is 10.0. The van der Waals surface area contributed by atoms with Crippen molar-refractivity contribution in [2.75, 3.05) is 17.7 Å². The lowest BCUT2D eigenvalue weighted by molar-refractivity contribution is 0.189. The van der Waals surface area contributed by atoms with Crippen LogP contribution in [-0.4, -0.2) is 57.3 Å². The third-order valence-electron chi connectivity index (χ3n) is 8.13. The predicted octanol–water partition coefficient (Wildman–Crippen LogP) is 5.43. The number of nitrogens with zero attached hydrogens (tertiary/aromatic N) is 6. The molecule has 0 fully saturated rings. The molecule has 3 aromatic heterocycles. The number of pyridine rings is 1. The van der Waals surface area contributed by atoms with Gasteiger partial charge in [0.05, 0.1) is 53.0 Å². The van der Waals surface area contributed by atoms with Crippen LogP contribution >= 0.6 is 11.6 Å². The molecule has 6 rings (SSSR count). The fourth-order valence-corrected chi connectivity index (χ4v) is 6.97. The molecule has 0 aliphatic carbocycles. The van der Waals surface area contributed by atoms with E-state index in [1.54, 1.807) is 37.3 Å². The fraction of sp³-hybridized carbons (Fsp3) is 0.206. The van der Waals surface area contributed by atoms with Crippen molar-refractivity contribution in [1.82, 2.24) is 29.6 Å². The van der Waals surface area contributed by atoms with Crippen LogP contribution in [0, 0.1) is 18.6 Å². The van der Waals surface area contributed by atoms with Gasteiger partial charge in [-0.05, 0) is 66.6 Å². The SMILES string of the molecule is COc1ccc(CN(c2nn(C)c3c(-n4c(C(Cc5cc(F)cc(F)c5)NC(=O)O)nc5nc(C)ccc5c4=O)ccc(Cl)c23)S(C)(=O)=O)cc1. The van der Waals surface area contributed by atoms with E-state index in [0.29, 0.717) is 23.1 Å². The molecule has 0 saturated carbocycles. The van der Waals surface area contributed by atoms with E-state index in [0.717, 1.165) is 27.3 Å². The topological polar surface area (TPSA) is 162 Å². The second-order valence-corrected chi connectivity index (χ2v) is 14.1. The van der Waals surface area contributed by atoms with Gasteiger partial charge in [0, 0.05) is 25.2 Å². The number of anilines is 1. The van der Waals surface area contributed by atoms with Crippen LogP contribution < -0.4 is 19.9 Å². The van der Waals surface area contributed by atoms with E-state index < -0.39 is 39.4 Å². The number of nitrogens with one attached hydrogen (secondary N) is 1. The van der Waals surface area contributed by atoms with Crippen LogP contribution in [0.15, 0.2) is 71.5 Å². The number of benzene rings is 3. The first-order chi connectivity index (χ1) is 24.1. The van der Waals surface area contributed by atoms with Gasteiger partial charge >= 0.3 is 6.09 Å². The first kappa shape index (κ1) is 35.2. The van der Waals surface area contributed by atoms with E-state index in [1.165, 1.54) is 37.0 Å².